The van der Waals surface area contributed by atoms with Crippen molar-refractivity contribution >= 4 is 33.4 Å². The lowest BCUT2D eigenvalue weighted by Crippen LogP contribution is -2.41. The first-order chi connectivity index (χ1) is 12.3. The van der Waals surface area contributed by atoms with Gasteiger partial charge >= 0.3 is 0 Å². The standard InChI is InChI=1S/C20H24BrN3O2/c1-14-12-16(21)10-11-17(14)22-18(25)13-24(4)19(20(26)23(2)3)15-8-6-5-7-9-15/h5-12,19H,13H2,1-4H3,(H,22,25)/t19-/m0/s1. The number of carbonyl (C=O) groups excluding carboxylic acids is 2. The minimum absolute atomic E-state index is 0.0636. The van der Waals surface area contributed by atoms with Crippen LogP contribution in [0.3, 0.4) is 0 Å². The van der Waals surface area contributed by atoms with Gasteiger partial charge in [0.25, 0.3) is 0 Å². The number of nitrogens with zero attached hydrogens (tertiary/aromatic N) is 2. The molecule has 1 N–H and O–H groups in total. The minimum atomic E-state index is -0.511. The molecule has 0 radical (unpaired) electrons. The third-order valence-corrected chi connectivity index (χ3v) is 4.58. The van der Waals surface area contributed by atoms with E-state index in [0.29, 0.717) is 0 Å². The van der Waals surface area contributed by atoms with Gasteiger partial charge in [0.1, 0.15) is 6.04 Å². The molecule has 0 saturated heterocycles. The number of rotatable bonds is 6. The Labute approximate surface area is 163 Å². The fourth-order valence-electron chi connectivity index (χ4n) is 2.74. The molecule has 2 rings (SSSR count). The lowest BCUT2D eigenvalue weighted by Gasteiger charge is -2.29. The number of hydrogen-bond donors (Lipinski definition) is 1. The molecule has 138 valence electrons. The van der Waals surface area contributed by atoms with Gasteiger partial charge in [-0.05, 0) is 43.3 Å². The Morgan fingerprint density at radius 1 is 1.08 bits per heavy atom. The number of nitrogens with one attached hydrogen (secondary N) is 1. The van der Waals surface area contributed by atoms with E-state index in [9.17, 15) is 9.59 Å². The van der Waals surface area contributed by atoms with Crippen LogP contribution in [0, 0.1) is 6.92 Å². The van der Waals surface area contributed by atoms with E-state index in [2.05, 4.69) is 21.2 Å². The fourth-order valence-corrected chi connectivity index (χ4v) is 3.22. The van der Waals surface area contributed by atoms with Gasteiger partial charge in [0.15, 0.2) is 0 Å². The Morgan fingerprint density at radius 2 is 1.73 bits per heavy atom. The van der Waals surface area contributed by atoms with Crippen molar-refractivity contribution in [3.8, 4) is 0 Å². The van der Waals surface area contributed by atoms with Crippen LogP contribution in [0.25, 0.3) is 0 Å². The summed E-state index contributed by atoms with van der Waals surface area (Å²) in [6.07, 6.45) is 0. The summed E-state index contributed by atoms with van der Waals surface area (Å²) in [5.41, 5.74) is 2.60. The summed E-state index contributed by atoms with van der Waals surface area (Å²) in [4.78, 5) is 28.5. The Kier molecular flexibility index (Phi) is 6.94. The SMILES string of the molecule is Cc1cc(Br)ccc1NC(=O)CN(C)[C@H](C(=O)N(C)C)c1ccccc1. The van der Waals surface area contributed by atoms with Crippen molar-refractivity contribution in [1.82, 2.24) is 9.80 Å². The Balaban J connectivity index is 2.14. The molecule has 0 aliphatic carbocycles. The third-order valence-electron chi connectivity index (χ3n) is 4.09. The first kappa shape index (κ1) is 20.1. The molecule has 5 nitrogen and oxygen atoms in total. The van der Waals surface area contributed by atoms with E-state index in [-0.39, 0.29) is 18.4 Å². The quantitative estimate of drug-likeness (QED) is 0.782. The summed E-state index contributed by atoms with van der Waals surface area (Å²) in [6.45, 7) is 2.04. The van der Waals surface area contributed by atoms with E-state index in [4.69, 9.17) is 0 Å². The van der Waals surface area contributed by atoms with Crippen LogP contribution in [-0.2, 0) is 9.59 Å². The number of hydrogen-bond acceptors (Lipinski definition) is 3. The fraction of sp³-hybridized carbons (Fsp3) is 0.300. The maximum atomic E-state index is 12.7. The van der Waals surface area contributed by atoms with E-state index in [1.807, 2.05) is 55.5 Å². The number of amides is 2. The van der Waals surface area contributed by atoms with Crippen LogP contribution in [0.4, 0.5) is 5.69 Å². The molecule has 0 aliphatic heterocycles. The van der Waals surface area contributed by atoms with Crippen LogP contribution in [0.2, 0.25) is 0 Å². The van der Waals surface area contributed by atoms with Crippen LogP contribution in [0.15, 0.2) is 53.0 Å². The van der Waals surface area contributed by atoms with Crippen molar-refractivity contribution in [3.63, 3.8) is 0 Å². The number of benzene rings is 2. The third kappa shape index (κ3) is 5.16. The number of aryl methyl sites for hydroxylation is 1. The Hall–Kier alpha value is -2.18. The van der Waals surface area contributed by atoms with Crippen molar-refractivity contribution in [2.45, 2.75) is 13.0 Å². The van der Waals surface area contributed by atoms with Crippen molar-refractivity contribution in [1.29, 1.82) is 0 Å². The lowest BCUT2D eigenvalue weighted by atomic mass is 10.0. The lowest BCUT2D eigenvalue weighted by molar-refractivity contribution is -0.134. The second-order valence-electron chi connectivity index (χ2n) is 6.47. The molecule has 0 aromatic heterocycles. The molecule has 2 aromatic carbocycles. The summed E-state index contributed by atoms with van der Waals surface area (Å²) >= 11 is 3.41. The maximum Gasteiger partial charge on any atom is 0.244 e. The molecule has 0 heterocycles. The summed E-state index contributed by atoms with van der Waals surface area (Å²) < 4.78 is 0.964. The second-order valence-corrected chi connectivity index (χ2v) is 7.38. The van der Waals surface area contributed by atoms with Gasteiger partial charge in [-0.3, -0.25) is 14.5 Å². The van der Waals surface area contributed by atoms with Gasteiger partial charge in [-0.15, -0.1) is 0 Å². The second kappa shape index (κ2) is 8.96. The molecule has 0 fully saturated rings. The number of carbonyl (C=O) groups is 2. The molecule has 0 spiro atoms. The molecule has 1 atom stereocenters. The number of anilines is 1. The predicted molar refractivity (Wildman–Crippen MR) is 108 cm³/mol. The molecule has 0 bridgehead atoms. The van der Waals surface area contributed by atoms with Crippen LogP contribution in [0.5, 0.6) is 0 Å². The first-order valence-corrected chi connectivity index (χ1v) is 9.11. The van der Waals surface area contributed by atoms with Crippen LogP contribution in [0.1, 0.15) is 17.2 Å². The van der Waals surface area contributed by atoms with Gasteiger partial charge in [-0.2, -0.15) is 0 Å². The van der Waals surface area contributed by atoms with Gasteiger partial charge in [0.2, 0.25) is 11.8 Å². The highest BCUT2D eigenvalue weighted by Crippen LogP contribution is 2.22. The predicted octanol–water partition coefficient (Wildman–Crippen LogP) is 3.46. The molecule has 26 heavy (non-hydrogen) atoms. The van der Waals surface area contributed by atoms with Gasteiger partial charge in [0, 0.05) is 24.3 Å². The normalized spacial score (nSPS) is 11.9. The molecular weight excluding hydrogens is 394 g/mol. The van der Waals surface area contributed by atoms with Gasteiger partial charge in [-0.25, -0.2) is 0 Å². The van der Waals surface area contributed by atoms with Crippen LogP contribution < -0.4 is 5.32 Å². The monoisotopic (exact) mass is 417 g/mol. The summed E-state index contributed by atoms with van der Waals surface area (Å²) in [5, 5.41) is 2.92. The van der Waals surface area contributed by atoms with Crippen LogP contribution in [-0.4, -0.2) is 49.3 Å². The molecule has 0 saturated carbocycles. The van der Waals surface area contributed by atoms with Gasteiger partial charge in [0.05, 0.1) is 6.54 Å². The summed E-state index contributed by atoms with van der Waals surface area (Å²) in [5.74, 6) is -0.225. The van der Waals surface area contributed by atoms with Crippen molar-refractivity contribution in [2.24, 2.45) is 0 Å². The van der Waals surface area contributed by atoms with E-state index in [1.54, 1.807) is 30.9 Å². The van der Waals surface area contributed by atoms with Gasteiger partial charge < -0.3 is 10.2 Å². The molecule has 0 unspecified atom stereocenters. The smallest absolute Gasteiger partial charge is 0.244 e. The number of halogens is 1. The van der Waals surface area contributed by atoms with Crippen molar-refractivity contribution < 1.29 is 9.59 Å². The zero-order chi connectivity index (χ0) is 19.3. The van der Waals surface area contributed by atoms with E-state index < -0.39 is 6.04 Å². The van der Waals surface area contributed by atoms with Crippen molar-refractivity contribution in [3.05, 3.63) is 64.1 Å². The highest BCUT2D eigenvalue weighted by atomic mass is 79.9. The number of likely N-dealkylation sites (N-methyl/N-ethyl adjacent to an activating group) is 2. The van der Waals surface area contributed by atoms with E-state index in [1.165, 1.54) is 0 Å². The van der Waals surface area contributed by atoms with Gasteiger partial charge in [-0.1, -0.05) is 46.3 Å². The molecule has 0 aliphatic rings. The highest BCUT2D eigenvalue weighted by Gasteiger charge is 2.27. The molecule has 2 aromatic rings. The average Bonchev–Trinajstić information content (AvgIpc) is 2.58. The van der Waals surface area contributed by atoms with E-state index in [0.717, 1.165) is 21.3 Å². The molecule has 2 amide bonds. The van der Waals surface area contributed by atoms with E-state index >= 15 is 0 Å². The highest BCUT2D eigenvalue weighted by molar-refractivity contribution is 9.10. The maximum absolute atomic E-state index is 12.7. The molecule has 6 heteroatoms. The zero-order valence-corrected chi connectivity index (χ0v) is 17.1. The summed E-state index contributed by atoms with van der Waals surface area (Å²) in [6, 6.07) is 14.7. The molecular formula is C20H24BrN3O2. The zero-order valence-electron chi connectivity index (χ0n) is 15.5. The average molecular weight is 418 g/mol. The first-order valence-electron chi connectivity index (χ1n) is 8.32. The summed E-state index contributed by atoms with van der Waals surface area (Å²) in [7, 11) is 5.22. The van der Waals surface area contributed by atoms with Crippen molar-refractivity contribution in [2.75, 3.05) is 33.0 Å². The minimum Gasteiger partial charge on any atom is -0.347 e. The largest absolute Gasteiger partial charge is 0.347 e. The Bertz CT molecular complexity index is 778. The Morgan fingerprint density at radius 3 is 2.31 bits per heavy atom. The van der Waals surface area contributed by atoms with Crippen LogP contribution >= 0.6 is 15.9 Å². The topological polar surface area (TPSA) is 52.7 Å².